The lowest BCUT2D eigenvalue weighted by Crippen LogP contribution is -2.44. The lowest BCUT2D eigenvalue weighted by Gasteiger charge is -2.30. The van der Waals surface area contributed by atoms with Crippen LogP contribution >= 0.6 is 0 Å². The third kappa shape index (κ3) is 4.06. The molecule has 1 aliphatic heterocycles. The summed E-state index contributed by atoms with van der Waals surface area (Å²) in [6, 6.07) is 7.69. The van der Waals surface area contributed by atoms with Gasteiger partial charge in [0, 0.05) is 12.2 Å². The summed E-state index contributed by atoms with van der Waals surface area (Å²) >= 11 is 0. The van der Waals surface area contributed by atoms with Crippen molar-refractivity contribution in [3.63, 3.8) is 0 Å². The van der Waals surface area contributed by atoms with Crippen molar-refractivity contribution in [2.75, 3.05) is 25.0 Å². The smallest absolute Gasteiger partial charge is 0.238 e. The zero-order chi connectivity index (χ0) is 14.5. The number of rotatable bonds is 4. The van der Waals surface area contributed by atoms with Crippen molar-refractivity contribution in [3.05, 3.63) is 29.8 Å². The average Bonchev–Trinajstić information content (AvgIpc) is 2.38. The SMILES string of the molecule is Cc1cccc(NC(=O)CN2CCC[C@H](C(N)=O)C2)c1. The molecule has 1 heterocycles. The molecule has 2 amide bonds. The zero-order valence-corrected chi connectivity index (χ0v) is 11.8. The van der Waals surface area contributed by atoms with E-state index in [9.17, 15) is 9.59 Å². The number of nitrogens with two attached hydrogens (primary N) is 1. The number of carbonyl (C=O) groups is 2. The maximum atomic E-state index is 12.0. The van der Waals surface area contributed by atoms with Crippen LogP contribution in [0.25, 0.3) is 0 Å². The zero-order valence-electron chi connectivity index (χ0n) is 11.8. The Kier molecular flexibility index (Phi) is 4.74. The van der Waals surface area contributed by atoms with Crippen LogP contribution < -0.4 is 11.1 Å². The maximum Gasteiger partial charge on any atom is 0.238 e. The second-order valence-electron chi connectivity index (χ2n) is 5.39. The molecule has 1 saturated heterocycles. The maximum absolute atomic E-state index is 12.0. The van der Waals surface area contributed by atoms with Crippen LogP contribution in [-0.4, -0.2) is 36.3 Å². The summed E-state index contributed by atoms with van der Waals surface area (Å²) in [5.41, 5.74) is 7.24. The Morgan fingerprint density at radius 1 is 1.45 bits per heavy atom. The van der Waals surface area contributed by atoms with Gasteiger partial charge in [0.05, 0.1) is 12.5 Å². The van der Waals surface area contributed by atoms with Crippen molar-refractivity contribution in [1.82, 2.24) is 4.90 Å². The number of aryl methyl sites for hydroxylation is 1. The molecule has 5 heteroatoms. The topological polar surface area (TPSA) is 75.4 Å². The fraction of sp³-hybridized carbons (Fsp3) is 0.467. The number of nitrogens with one attached hydrogen (secondary N) is 1. The van der Waals surface area contributed by atoms with Gasteiger partial charge in [-0.15, -0.1) is 0 Å². The highest BCUT2D eigenvalue weighted by Crippen LogP contribution is 2.16. The van der Waals surface area contributed by atoms with E-state index in [0.717, 1.165) is 30.6 Å². The van der Waals surface area contributed by atoms with Gasteiger partial charge < -0.3 is 11.1 Å². The molecular formula is C15H21N3O2. The largest absolute Gasteiger partial charge is 0.369 e. The van der Waals surface area contributed by atoms with Gasteiger partial charge in [0.25, 0.3) is 0 Å². The van der Waals surface area contributed by atoms with Gasteiger partial charge in [0.2, 0.25) is 11.8 Å². The molecular weight excluding hydrogens is 254 g/mol. The first kappa shape index (κ1) is 14.5. The van der Waals surface area contributed by atoms with E-state index in [1.165, 1.54) is 0 Å². The summed E-state index contributed by atoms with van der Waals surface area (Å²) < 4.78 is 0. The highest BCUT2D eigenvalue weighted by atomic mass is 16.2. The number of amides is 2. The molecule has 20 heavy (non-hydrogen) atoms. The van der Waals surface area contributed by atoms with Crippen LogP contribution in [0.4, 0.5) is 5.69 Å². The monoisotopic (exact) mass is 275 g/mol. The van der Waals surface area contributed by atoms with Crippen molar-refractivity contribution in [2.24, 2.45) is 11.7 Å². The molecule has 0 saturated carbocycles. The Balaban J connectivity index is 1.86. The number of benzene rings is 1. The minimum atomic E-state index is -0.270. The molecule has 1 aromatic rings. The number of likely N-dealkylation sites (tertiary alicyclic amines) is 1. The Labute approximate surface area is 119 Å². The van der Waals surface area contributed by atoms with E-state index in [1.807, 2.05) is 36.1 Å². The van der Waals surface area contributed by atoms with E-state index >= 15 is 0 Å². The number of piperidine rings is 1. The van der Waals surface area contributed by atoms with Crippen LogP contribution in [-0.2, 0) is 9.59 Å². The third-order valence-corrected chi connectivity index (χ3v) is 3.58. The van der Waals surface area contributed by atoms with Crippen LogP contribution in [0.1, 0.15) is 18.4 Å². The third-order valence-electron chi connectivity index (χ3n) is 3.58. The van der Waals surface area contributed by atoms with Crippen LogP contribution in [0, 0.1) is 12.8 Å². The van der Waals surface area contributed by atoms with Crippen molar-refractivity contribution >= 4 is 17.5 Å². The number of primary amides is 1. The summed E-state index contributed by atoms with van der Waals surface area (Å²) in [4.78, 5) is 25.2. The molecule has 0 aromatic heterocycles. The van der Waals surface area contributed by atoms with E-state index in [1.54, 1.807) is 0 Å². The van der Waals surface area contributed by atoms with Gasteiger partial charge in [-0.05, 0) is 44.0 Å². The Morgan fingerprint density at radius 3 is 2.95 bits per heavy atom. The van der Waals surface area contributed by atoms with Gasteiger partial charge in [0.1, 0.15) is 0 Å². The normalized spacial score (nSPS) is 19.6. The average molecular weight is 275 g/mol. The molecule has 1 fully saturated rings. The summed E-state index contributed by atoms with van der Waals surface area (Å²) in [6.45, 7) is 3.71. The fourth-order valence-electron chi connectivity index (χ4n) is 2.56. The standard InChI is InChI=1S/C15H21N3O2/c1-11-4-2-6-13(8-11)17-14(19)10-18-7-3-5-12(9-18)15(16)20/h2,4,6,8,12H,3,5,7,9-10H2,1H3,(H2,16,20)(H,17,19)/t12-/m0/s1. The minimum absolute atomic E-state index is 0.0549. The Morgan fingerprint density at radius 2 is 2.25 bits per heavy atom. The van der Waals surface area contributed by atoms with E-state index in [-0.39, 0.29) is 17.7 Å². The van der Waals surface area contributed by atoms with Gasteiger partial charge in [0.15, 0.2) is 0 Å². The van der Waals surface area contributed by atoms with Crippen LogP contribution in [0.15, 0.2) is 24.3 Å². The molecule has 0 radical (unpaired) electrons. The van der Waals surface area contributed by atoms with Crippen molar-refractivity contribution in [3.8, 4) is 0 Å². The van der Waals surface area contributed by atoms with Gasteiger partial charge in [-0.1, -0.05) is 12.1 Å². The van der Waals surface area contributed by atoms with Crippen molar-refractivity contribution in [1.29, 1.82) is 0 Å². The number of nitrogens with zero attached hydrogens (tertiary/aromatic N) is 1. The summed E-state index contributed by atoms with van der Waals surface area (Å²) in [7, 11) is 0. The summed E-state index contributed by atoms with van der Waals surface area (Å²) in [6.07, 6.45) is 1.73. The predicted molar refractivity (Wildman–Crippen MR) is 78.2 cm³/mol. The van der Waals surface area contributed by atoms with E-state index < -0.39 is 0 Å². The quantitative estimate of drug-likeness (QED) is 0.865. The highest BCUT2D eigenvalue weighted by Gasteiger charge is 2.25. The number of hydrogen-bond donors (Lipinski definition) is 2. The van der Waals surface area contributed by atoms with Crippen LogP contribution in [0.2, 0.25) is 0 Å². The second-order valence-corrected chi connectivity index (χ2v) is 5.39. The fourth-order valence-corrected chi connectivity index (χ4v) is 2.56. The molecule has 1 atom stereocenters. The lowest BCUT2D eigenvalue weighted by atomic mass is 9.97. The molecule has 0 spiro atoms. The second kappa shape index (κ2) is 6.52. The molecule has 0 unspecified atom stereocenters. The Hall–Kier alpha value is -1.88. The lowest BCUT2D eigenvalue weighted by molar-refractivity contribution is -0.125. The first-order valence-electron chi connectivity index (χ1n) is 6.93. The van der Waals surface area contributed by atoms with E-state index in [0.29, 0.717) is 13.1 Å². The summed E-state index contributed by atoms with van der Waals surface area (Å²) in [5.74, 6) is -0.454. The molecule has 1 aliphatic rings. The first-order chi connectivity index (χ1) is 9.54. The van der Waals surface area contributed by atoms with Crippen LogP contribution in [0.3, 0.4) is 0 Å². The van der Waals surface area contributed by atoms with Crippen LogP contribution in [0.5, 0.6) is 0 Å². The molecule has 3 N–H and O–H groups in total. The van der Waals surface area contributed by atoms with Crippen molar-refractivity contribution < 1.29 is 9.59 Å². The van der Waals surface area contributed by atoms with E-state index in [4.69, 9.17) is 5.73 Å². The van der Waals surface area contributed by atoms with Gasteiger partial charge in [-0.2, -0.15) is 0 Å². The molecule has 1 aromatic carbocycles. The van der Waals surface area contributed by atoms with E-state index in [2.05, 4.69) is 5.32 Å². The number of carbonyl (C=O) groups excluding carboxylic acids is 2. The van der Waals surface area contributed by atoms with Gasteiger partial charge in [-0.3, -0.25) is 14.5 Å². The van der Waals surface area contributed by atoms with Gasteiger partial charge >= 0.3 is 0 Å². The molecule has 5 nitrogen and oxygen atoms in total. The minimum Gasteiger partial charge on any atom is -0.369 e. The van der Waals surface area contributed by atoms with Gasteiger partial charge in [-0.25, -0.2) is 0 Å². The molecule has 2 rings (SSSR count). The first-order valence-corrected chi connectivity index (χ1v) is 6.93. The highest BCUT2D eigenvalue weighted by molar-refractivity contribution is 5.92. The summed E-state index contributed by atoms with van der Waals surface area (Å²) in [5, 5.41) is 2.88. The van der Waals surface area contributed by atoms with Crippen molar-refractivity contribution in [2.45, 2.75) is 19.8 Å². The number of hydrogen-bond acceptors (Lipinski definition) is 3. The predicted octanol–water partition coefficient (Wildman–Crippen LogP) is 1.13. The molecule has 108 valence electrons. The molecule has 0 bridgehead atoms. The molecule has 0 aliphatic carbocycles. The number of anilines is 1. The Bertz CT molecular complexity index is 502.